The molecule has 142 valence electrons. The van der Waals surface area contributed by atoms with Crippen molar-refractivity contribution in [2.75, 3.05) is 33.5 Å². The fourth-order valence-corrected chi connectivity index (χ4v) is 2.09. The van der Waals surface area contributed by atoms with E-state index in [0.29, 0.717) is 55.8 Å². The molecule has 0 aromatic heterocycles. The van der Waals surface area contributed by atoms with Gasteiger partial charge in [-0.1, -0.05) is 19.9 Å². The van der Waals surface area contributed by atoms with Crippen molar-refractivity contribution in [3.8, 4) is 17.6 Å². The largest absolute Gasteiger partial charge is 0.490 e. The van der Waals surface area contributed by atoms with Crippen LogP contribution in [0.4, 0.5) is 0 Å². The Morgan fingerprint density at radius 2 is 2.08 bits per heavy atom. The number of carbonyl (C=O) groups excluding carboxylic acids is 1. The number of amides is 1. The molecule has 0 unspecified atom stereocenters. The molecule has 26 heavy (non-hydrogen) atoms. The minimum Gasteiger partial charge on any atom is -0.490 e. The van der Waals surface area contributed by atoms with Crippen LogP contribution in [0.15, 0.2) is 23.8 Å². The number of nitrogens with zero attached hydrogens (tertiary/aromatic N) is 1. The van der Waals surface area contributed by atoms with Crippen LogP contribution in [0.1, 0.15) is 32.8 Å². The van der Waals surface area contributed by atoms with E-state index >= 15 is 0 Å². The fourth-order valence-electron chi connectivity index (χ4n) is 2.09. The molecule has 0 aliphatic heterocycles. The van der Waals surface area contributed by atoms with Gasteiger partial charge in [0.05, 0.1) is 13.2 Å². The van der Waals surface area contributed by atoms with E-state index in [9.17, 15) is 10.1 Å². The molecule has 0 atom stereocenters. The van der Waals surface area contributed by atoms with Crippen molar-refractivity contribution >= 4 is 12.0 Å². The molecule has 0 radical (unpaired) electrons. The first kappa shape index (κ1) is 21.5. The number of nitriles is 1. The highest BCUT2D eigenvalue weighted by molar-refractivity contribution is 6.01. The molecule has 0 spiro atoms. The molecule has 1 amide bonds. The number of hydrogen-bond acceptors (Lipinski definition) is 5. The average Bonchev–Trinajstić information content (AvgIpc) is 2.62. The second-order valence-corrected chi connectivity index (χ2v) is 6.12. The van der Waals surface area contributed by atoms with Crippen LogP contribution in [-0.4, -0.2) is 39.4 Å². The van der Waals surface area contributed by atoms with Crippen LogP contribution >= 0.6 is 0 Å². The number of rotatable bonds is 11. The summed E-state index contributed by atoms with van der Waals surface area (Å²) in [4.78, 5) is 12.1. The Labute approximate surface area is 155 Å². The molecular weight excluding hydrogens is 332 g/mol. The van der Waals surface area contributed by atoms with Gasteiger partial charge >= 0.3 is 0 Å². The van der Waals surface area contributed by atoms with Crippen LogP contribution in [0.25, 0.3) is 6.08 Å². The lowest BCUT2D eigenvalue weighted by Gasteiger charge is -2.14. The molecule has 0 heterocycles. The number of hydrogen-bond donors (Lipinski definition) is 1. The van der Waals surface area contributed by atoms with Gasteiger partial charge in [0.1, 0.15) is 11.6 Å². The van der Waals surface area contributed by atoms with E-state index in [0.717, 1.165) is 0 Å². The zero-order valence-corrected chi connectivity index (χ0v) is 16.0. The molecule has 6 heteroatoms. The van der Waals surface area contributed by atoms with Gasteiger partial charge in [-0.15, -0.1) is 0 Å². The molecule has 1 N–H and O–H groups in total. The smallest absolute Gasteiger partial charge is 0.261 e. The fraction of sp³-hybridized carbons (Fsp3) is 0.500. The quantitative estimate of drug-likeness (QED) is 0.372. The standard InChI is InChI=1S/C20H28N2O4/c1-5-25-19-12-16(7-8-18(19)26-14-15(2)3)11-17(13-21)20(23)22-9-6-10-24-4/h7-8,11-12,15H,5-6,9-10,14H2,1-4H3,(H,22,23)/b17-11+. The maximum atomic E-state index is 12.1. The number of carbonyl (C=O) groups is 1. The summed E-state index contributed by atoms with van der Waals surface area (Å²) in [6.07, 6.45) is 2.23. The van der Waals surface area contributed by atoms with Crippen LogP contribution in [0.3, 0.4) is 0 Å². The van der Waals surface area contributed by atoms with Gasteiger partial charge < -0.3 is 19.5 Å². The van der Waals surface area contributed by atoms with Crippen molar-refractivity contribution in [3.63, 3.8) is 0 Å². The number of methoxy groups -OCH3 is 1. The van der Waals surface area contributed by atoms with Crippen LogP contribution < -0.4 is 14.8 Å². The van der Waals surface area contributed by atoms with Crippen molar-refractivity contribution < 1.29 is 19.0 Å². The lowest BCUT2D eigenvalue weighted by atomic mass is 10.1. The molecule has 0 bridgehead atoms. The first-order valence-corrected chi connectivity index (χ1v) is 8.80. The van der Waals surface area contributed by atoms with Crippen molar-refractivity contribution in [2.45, 2.75) is 27.2 Å². The van der Waals surface area contributed by atoms with Gasteiger partial charge in [0, 0.05) is 20.3 Å². The van der Waals surface area contributed by atoms with E-state index in [1.165, 1.54) is 0 Å². The molecule has 0 fully saturated rings. The van der Waals surface area contributed by atoms with Gasteiger partial charge in [-0.25, -0.2) is 0 Å². The summed E-state index contributed by atoms with van der Waals surface area (Å²) in [6.45, 7) is 8.13. The zero-order chi connectivity index (χ0) is 19.4. The summed E-state index contributed by atoms with van der Waals surface area (Å²) < 4.78 is 16.3. The highest BCUT2D eigenvalue weighted by atomic mass is 16.5. The Balaban J connectivity index is 2.90. The SMILES string of the molecule is CCOc1cc(/C=C(\C#N)C(=O)NCCCOC)ccc1OCC(C)C. The summed E-state index contributed by atoms with van der Waals surface area (Å²) in [5, 5.41) is 12.0. The summed E-state index contributed by atoms with van der Waals surface area (Å²) >= 11 is 0. The van der Waals surface area contributed by atoms with Gasteiger partial charge in [-0.3, -0.25) is 4.79 Å². The third kappa shape index (κ3) is 7.58. The minimum atomic E-state index is -0.401. The predicted octanol–water partition coefficient (Wildman–Crippen LogP) is 3.18. The van der Waals surface area contributed by atoms with Gasteiger partial charge in [0.2, 0.25) is 0 Å². The Morgan fingerprint density at radius 1 is 1.31 bits per heavy atom. The van der Waals surface area contributed by atoms with Gasteiger partial charge in [-0.05, 0) is 43.0 Å². The van der Waals surface area contributed by atoms with Crippen LogP contribution in [0.2, 0.25) is 0 Å². The van der Waals surface area contributed by atoms with E-state index in [1.54, 1.807) is 31.4 Å². The van der Waals surface area contributed by atoms with Crippen molar-refractivity contribution in [2.24, 2.45) is 5.92 Å². The second-order valence-electron chi connectivity index (χ2n) is 6.12. The van der Waals surface area contributed by atoms with Crippen LogP contribution in [0.5, 0.6) is 11.5 Å². The topological polar surface area (TPSA) is 80.6 Å². The van der Waals surface area contributed by atoms with Crippen LogP contribution in [-0.2, 0) is 9.53 Å². The first-order valence-electron chi connectivity index (χ1n) is 8.80. The molecule has 1 aromatic rings. The zero-order valence-electron chi connectivity index (χ0n) is 16.0. The summed E-state index contributed by atoms with van der Waals surface area (Å²) in [6, 6.07) is 7.31. The molecule has 0 aliphatic rings. The summed E-state index contributed by atoms with van der Waals surface area (Å²) in [5.41, 5.74) is 0.745. The molecule has 6 nitrogen and oxygen atoms in total. The maximum absolute atomic E-state index is 12.1. The third-order valence-electron chi connectivity index (χ3n) is 3.33. The van der Waals surface area contributed by atoms with E-state index in [-0.39, 0.29) is 5.57 Å². The Morgan fingerprint density at radius 3 is 2.69 bits per heavy atom. The first-order chi connectivity index (χ1) is 12.5. The number of nitrogens with one attached hydrogen (secondary N) is 1. The van der Waals surface area contributed by atoms with E-state index in [4.69, 9.17) is 14.2 Å². The average molecular weight is 360 g/mol. The monoisotopic (exact) mass is 360 g/mol. The lowest BCUT2D eigenvalue weighted by molar-refractivity contribution is -0.117. The summed E-state index contributed by atoms with van der Waals surface area (Å²) in [5.74, 6) is 1.25. The molecule has 1 rings (SSSR count). The second kappa shape index (κ2) is 11.9. The predicted molar refractivity (Wildman–Crippen MR) is 101 cm³/mol. The van der Waals surface area contributed by atoms with E-state index in [1.807, 2.05) is 13.0 Å². The van der Waals surface area contributed by atoms with Crippen molar-refractivity contribution in [3.05, 3.63) is 29.3 Å². The minimum absolute atomic E-state index is 0.0423. The van der Waals surface area contributed by atoms with Crippen molar-refractivity contribution in [1.29, 1.82) is 5.26 Å². The van der Waals surface area contributed by atoms with Gasteiger partial charge in [-0.2, -0.15) is 5.26 Å². The maximum Gasteiger partial charge on any atom is 0.261 e. The van der Waals surface area contributed by atoms with Gasteiger partial charge in [0.25, 0.3) is 5.91 Å². The van der Waals surface area contributed by atoms with E-state index in [2.05, 4.69) is 19.2 Å². The molecular formula is C20H28N2O4. The molecule has 0 aliphatic carbocycles. The number of benzene rings is 1. The van der Waals surface area contributed by atoms with Crippen molar-refractivity contribution in [1.82, 2.24) is 5.32 Å². The van der Waals surface area contributed by atoms with Gasteiger partial charge in [0.15, 0.2) is 11.5 Å². The molecule has 1 aromatic carbocycles. The normalized spacial score (nSPS) is 11.2. The van der Waals surface area contributed by atoms with Crippen LogP contribution in [0, 0.1) is 17.2 Å². The Bertz CT molecular complexity index is 648. The molecule has 0 saturated carbocycles. The highest BCUT2D eigenvalue weighted by Crippen LogP contribution is 2.29. The van der Waals surface area contributed by atoms with E-state index < -0.39 is 5.91 Å². The molecule has 0 saturated heterocycles. The lowest BCUT2D eigenvalue weighted by Crippen LogP contribution is -2.26. The third-order valence-corrected chi connectivity index (χ3v) is 3.33. The summed E-state index contributed by atoms with van der Waals surface area (Å²) in [7, 11) is 1.60. The highest BCUT2D eigenvalue weighted by Gasteiger charge is 2.11. The Kier molecular flexibility index (Phi) is 9.88. The number of ether oxygens (including phenoxy) is 3. The Hall–Kier alpha value is -2.52.